The fourth-order valence-corrected chi connectivity index (χ4v) is 3.81. The molecule has 0 atom stereocenters. The molecule has 0 unspecified atom stereocenters. The van der Waals surface area contributed by atoms with Crippen molar-refractivity contribution in [3.63, 3.8) is 0 Å². The number of hydrogen-bond donors (Lipinski definition) is 1. The summed E-state index contributed by atoms with van der Waals surface area (Å²) in [7, 11) is 4.92. The van der Waals surface area contributed by atoms with Gasteiger partial charge in [0.1, 0.15) is 0 Å². The average molecular weight is 311 g/mol. The maximum atomic E-state index is 5.38. The summed E-state index contributed by atoms with van der Waals surface area (Å²) in [5.74, 6) is 5.49. The maximum absolute atomic E-state index is 5.38. The maximum Gasteiger partial charge on any atom is 0.203 e. The third-order valence-corrected chi connectivity index (χ3v) is 4.88. The van der Waals surface area contributed by atoms with Crippen LogP contribution in [0.15, 0.2) is 12.1 Å². The van der Waals surface area contributed by atoms with Gasteiger partial charge >= 0.3 is 0 Å². The van der Waals surface area contributed by atoms with Gasteiger partial charge in [-0.2, -0.15) is 11.8 Å². The predicted molar refractivity (Wildman–Crippen MR) is 87.9 cm³/mol. The predicted octanol–water partition coefficient (Wildman–Crippen LogP) is 2.95. The Morgan fingerprint density at radius 1 is 1.05 bits per heavy atom. The lowest BCUT2D eigenvalue weighted by atomic mass is 10.0. The molecule has 118 valence electrons. The van der Waals surface area contributed by atoms with Crippen molar-refractivity contribution >= 4 is 11.8 Å². The molecule has 4 nitrogen and oxygen atoms in total. The van der Waals surface area contributed by atoms with Gasteiger partial charge in [-0.3, -0.25) is 0 Å². The first kappa shape index (κ1) is 16.3. The Morgan fingerprint density at radius 3 is 2.19 bits per heavy atom. The summed E-state index contributed by atoms with van der Waals surface area (Å²) in [6, 6.07) is 4.01. The molecule has 1 aliphatic heterocycles. The van der Waals surface area contributed by atoms with E-state index in [2.05, 4.69) is 17.1 Å². The van der Waals surface area contributed by atoms with Crippen LogP contribution in [0.1, 0.15) is 18.4 Å². The lowest BCUT2D eigenvalue weighted by Crippen LogP contribution is -2.25. The van der Waals surface area contributed by atoms with E-state index in [1.807, 2.05) is 12.1 Å². The first-order chi connectivity index (χ1) is 10.3. The summed E-state index contributed by atoms with van der Waals surface area (Å²) in [5, 5.41) is 3.55. The zero-order valence-corrected chi connectivity index (χ0v) is 13.9. The first-order valence-electron chi connectivity index (χ1n) is 7.35. The van der Waals surface area contributed by atoms with Crippen LogP contribution in [0.5, 0.6) is 17.2 Å². The molecule has 1 aliphatic rings. The number of ether oxygens (including phenoxy) is 3. The third kappa shape index (κ3) is 4.45. The van der Waals surface area contributed by atoms with Crippen molar-refractivity contribution in [1.82, 2.24) is 5.32 Å². The van der Waals surface area contributed by atoms with Crippen LogP contribution in [0.4, 0.5) is 0 Å². The van der Waals surface area contributed by atoms with E-state index in [0.717, 1.165) is 24.6 Å². The molecule has 1 aromatic rings. The van der Waals surface area contributed by atoms with Gasteiger partial charge in [0.25, 0.3) is 0 Å². The van der Waals surface area contributed by atoms with Crippen LogP contribution < -0.4 is 19.5 Å². The largest absolute Gasteiger partial charge is 0.493 e. The summed E-state index contributed by atoms with van der Waals surface area (Å²) in [5.41, 5.74) is 1.15. The van der Waals surface area contributed by atoms with E-state index >= 15 is 0 Å². The van der Waals surface area contributed by atoms with Crippen LogP contribution in [0.25, 0.3) is 0 Å². The van der Waals surface area contributed by atoms with E-state index in [1.165, 1.54) is 24.3 Å². The highest BCUT2D eigenvalue weighted by Gasteiger charge is 2.15. The molecule has 0 radical (unpaired) electrons. The van der Waals surface area contributed by atoms with Gasteiger partial charge in [0, 0.05) is 6.54 Å². The highest BCUT2D eigenvalue weighted by atomic mass is 32.2. The SMILES string of the molecule is COc1cc(CNCC2CCSCC2)cc(OC)c1OC. The van der Waals surface area contributed by atoms with Gasteiger partial charge in [0.15, 0.2) is 11.5 Å². The minimum Gasteiger partial charge on any atom is -0.493 e. The zero-order valence-electron chi connectivity index (χ0n) is 13.1. The molecule has 5 heteroatoms. The fourth-order valence-electron chi connectivity index (χ4n) is 2.61. The molecule has 0 bridgehead atoms. The van der Waals surface area contributed by atoms with Crippen molar-refractivity contribution in [2.45, 2.75) is 19.4 Å². The molecule has 1 fully saturated rings. The Labute approximate surface area is 131 Å². The molecule has 0 spiro atoms. The quantitative estimate of drug-likeness (QED) is 0.838. The number of thioether (sulfide) groups is 1. The average Bonchev–Trinajstić information content (AvgIpc) is 2.54. The van der Waals surface area contributed by atoms with Crippen LogP contribution in [0.2, 0.25) is 0 Å². The molecular formula is C16H25NO3S. The van der Waals surface area contributed by atoms with Crippen LogP contribution in [0.3, 0.4) is 0 Å². The summed E-state index contributed by atoms with van der Waals surface area (Å²) in [6.45, 7) is 1.90. The standard InChI is InChI=1S/C16H25NO3S/c1-18-14-8-13(9-15(19-2)16(14)20-3)11-17-10-12-4-6-21-7-5-12/h8-9,12,17H,4-7,10-11H2,1-3H3. The van der Waals surface area contributed by atoms with E-state index in [9.17, 15) is 0 Å². The molecule has 2 rings (SSSR count). The van der Waals surface area contributed by atoms with E-state index in [4.69, 9.17) is 14.2 Å². The second-order valence-corrected chi connectivity index (χ2v) is 6.44. The molecule has 1 heterocycles. The smallest absolute Gasteiger partial charge is 0.203 e. The van der Waals surface area contributed by atoms with E-state index in [-0.39, 0.29) is 0 Å². The highest BCUT2D eigenvalue weighted by Crippen LogP contribution is 2.38. The van der Waals surface area contributed by atoms with Crippen LogP contribution in [-0.2, 0) is 6.54 Å². The van der Waals surface area contributed by atoms with Crippen molar-refractivity contribution in [3.05, 3.63) is 17.7 Å². The Bertz CT molecular complexity index is 422. The Kier molecular flexibility index (Phi) is 6.51. The molecule has 0 amide bonds. The van der Waals surface area contributed by atoms with Gasteiger partial charge < -0.3 is 19.5 Å². The van der Waals surface area contributed by atoms with Crippen molar-refractivity contribution in [3.8, 4) is 17.2 Å². The van der Waals surface area contributed by atoms with Gasteiger partial charge in [0.2, 0.25) is 5.75 Å². The summed E-state index contributed by atoms with van der Waals surface area (Å²) in [6.07, 6.45) is 2.65. The molecule has 0 aliphatic carbocycles. The number of hydrogen-bond acceptors (Lipinski definition) is 5. The van der Waals surface area contributed by atoms with Crippen molar-refractivity contribution in [1.29, 1.82) is 0 Å². The third-order valence-electron chi connectivity index (χ3n) is 3.83. The van der Waals surface area contributed by atoms with Crippen molar-refractivity contribution in [2.75, 3.05) is 39.4 Å². The molecular weight excluding hydrogens is 286 g/mol. The number of rotatable bonds is 7. The number of methoxy groups -OCH3 is 3. The molecule has 21 heavy (non-hydrogen) atoms. The summed E-state index contributed by atoms with van der Waals surface area (Å²) < 4.78 is 16.1. The first-order valence-corrected chi connectivity index (χ1v) is 8.51. The van der Waals surface area contributed by atoms with Gasteiger partial charge in [-0.1, -0.05) is 0 Å². The molecule has 0 aromatic heterocycles. The van der Waals surface area contributed by atoms with Crippen molar-refractivity contribution < 1.29 is 14.2 Å². The normalized spacial score (nSPS) is 15.8. The van der Waals surface area contributed by atoms with Crippen LogP contribution in [-0.4, -0.2) is 39.4 Å². The Balaban J connectivity index is 1.95. The highest BCUT2D eigenvalue weighted by molar-refractivity contribution is 7.99. The topological polar surface area (TPSA) is 39.7 Å². The minimum atomic E-state index is 0.646. The van der Waals surface area contributed by atoms with Gasteiger partial charge in [-0.15, -0.1) is 0 Å². The monoisotopic (exact) mass is 311 g/mol. The number of benzene rings is 1. The zero-order chi connectivity index (χ0) is 15.1. The Hall–Kier alpha value is -1.07. The van der Waals surface area contributed by atoms with E-state index < -0.39 is 0 Å². The Morgan fingerprint density at radius 2 is 1.67 bits per heavy atom. The molecule has 1 aromatic carbocycles. The second-order valence-electron chi connectivity index (χ2n) is 5.22. The van der Waals surface area contributed by atoms with Gasteiger partial charge in [-0.05, 0) is 54.5 Å². The van der Waals surface area contributed by atoms with Gasteiger partial charge in [-0.25, -0.2) is 0 Å². The minimum absolute atomic E-state index is 0.646. The van der Waals surface area contributed by atoms with E-state index in [1.54, 1.807) is 21.3 Å². The van der Waals surface area contributed by atoms with Crippen molar-refractivity contribution in [2.24, 2.45) is 5.92 Å². The lowest BCUT2D eigenvalue weighted by molar-refractivity contribution is 0.323. The van der Waals surface area contributed by atoms with E-state index in [0.29, 0.717) is 17.2 Å². The van der Waals surface area contributed by atoms with Crippen LogP contribution in [0, 0.1) is 5.92 Å². The van der Waals surface area contributed by atoms with Crippen LogP contribution >= 0.6 is 11.8 Å². The second kappa shape index (κ2) is 8.39. The fraction of sp³-hybridized carbons (Fsp3) is 0.625. The summed E-state index contributed by atoms with van der Waals surface area (Å²) >= 11 is 2.07. The van der Waals surface area contributed by atoms with Gasteiger partial charge in [0.05, 0.1) is 21.3 Å². The summed E-state index contributed by atoms with van der Waals surface area (Å²) in [4.78, 5) is 0. The lowest BCUT2D eigenvalue weighted by Gasteiger charge is -2.21. The molecule has 0 saturated carbocycles. The number of nitrogens with one attached hydrogen (secondary N) is 1. The molecule has 1 N–H and O–H groups in total. The molecule has 1 saturated heterocycles.